The smallest absolute Gasteiger partial charge is 0.163 e. The van der Waals surface area contributed by atoms with Gasteiger partial charge in [-0.1, -0.05) is 6.07 Å². The zero-order valence-electron chi connectivity index (χ0n) is 15.6. The van der Waals surface area contributed by atoms with Crippen LogP contribution in [0.15, 0.2) is 43.0 Å². The number of aromatic nitrogens is 5. The van der Waals surface area contributed by atoms with Gasteiger partial charge in [0.25, 0.3) is 0 Å². The Kier molecular flexibility index (Phi) is 4.12. The molecule has 8 heteroatoms. The van der Waals surface area contributed by atoms with Crippen LogP contribution < -0.4 is 4.90 Å². The van der Waals surface area contributed by atoms with Crippen LogP contribution in [0, 0.1) is 5.82 Å². The van der Waals surface area contributed by atoms with Crippen LogP contribution in [0.4, 0.5) is 10.2 Å². The van der Waals surface area contributed by atoms with Crippen LogP contribution in [0.2, 0.25) is 0 Å². The summed E-state index contributed by atoms with van der Waals surface area (Å²) in [6, 6.07) is 6.94. The van der Waals surface area contributed by atoms with Crippen molar-refractivity contribution in [1.82, 2.24) is 29.6 Å². The molecule has 142 valence electrons. The van der Waals surface area contributed by atoms with Crippen molar-refractivity contribution in [3.63, 3.8) is 0 Å². The molecule has 28 heavy (non-hydrogen) atoms. The van der Waals surface area contributed by atoms with Crippen LogP contribution >= 0.6 is 0 Å². The standard InChI is InChI=1S/C20H20FN7/c1-26-19-16(11-25-26)20(24-13-23-19)28-9-7-27(8-10-28)12-14-4-5-17(21)15-3-2-6-22-18(14)15/h2-6,11,13H,7-10,12H2,1H3. The number of nitrogens with zero attached hydrogens (tertiary/aromatic N) is 7. The number of rotatable bonds is 3. The number of aryl methyl sites for hydroxylation is 1. The Bertz CT molecular complexity index is 1150. The van der Waals surface area contributed by atoms with E-state index in [1.165, 1.54) is 6.07 Å². The van der Waals surface area contributed by atoms with Crippen molar-refractivity contribution in [2.45, 2.75) is 6.54 Å². The molecule has 7 nitrogen and oxygen atoms in total. The van der Waals surface area contributed by atoms with Crippen molar-refractivity contribution < 1.29 is 4.39 Å². The van der Waals surface area contributed by atoms with Crippen molar-refractivity contribution in [2.24, 2.45) is 7.05 Å². The highest BCUT2D eigenvalue weighted by molar-refractivity contribution is 5.86. The SMILES string of the molecule is Cn1ncc2c(N3CCN(Cc4ccc(F)c5cccnc45)CC3)ncnc21. The third kappa shape index (κ3) is 2.86. The Balaban J connectivity index is 1.33. The van der Waals surface area contributed by atoms with E-state index in [4.69, 9.17) is 0 Å². The maximum atomic E-state index is 14.0. The molecule has 0 amide bonds. The fraction of sp³-hybridized carbons (Fsp3) is 0.300. The molecule has 1 saturated heterocycles. The van der Waals surface area contributed by atoms with Gasteiger partial charge in [0.15, 0.2) is 5.65 Å². The van der Waals surface area contributed by atoms with Gasteiger partial charge in [-0.2, -0.15) is 5.10 Å². The molecule has 3 aromatic heterocycles. The van der Waals surface area contributed by atoms with E-state index in [1.807, 2.05) is 19.3 Å². The predicted octanol–water partition coefficient (Wildman–Crippen LogP) is 2.37. The van der Waals surface area contributed by atoms with Gasteiger partial charge in [-0.3, -0.25) is 14.6 Å². The number of benzene rings is 1. The molecule has 1 fully saturated rings. The van der Waals surface area contributed by atoms with Gasteiger partial charge >= 0.3 is 0 Å². The molecule has 1 aliphatic rings. The molecule has 1 aliphatic heterocycles. The molecule has 5 rings (SSSR count). The van der Waals surface area contributed by atoms with Gasteiger partial charge < -0.3 is 4.90 Å². The molecule has 0 radical (unpaired) electrons. The lowest BCUT2D eigenvalue weighted by Gasteiger charge is -2.35. The first kappa shape index (κ1) is 17.0. The Hall–Kier alpha value is -3.13. The zero-order chi connectivity index (χ0) is 19.1. The van der Waals surface area contributed by atoms with Gasteiger partial charge in [0.2, 0.25) is 0 Å². The molecular weight excluding hydrogens is 357 g/mol. The third-order valence-corrected chi connectivity index (χ3v) is 5.37. The Labute approximate surface area is 161 Å². The zero-order valence-corrected chi connectivity index (χ0v) is 15.6. The van der Waals surface area contributed by atoms with Gasteiger partial charge in [-0.15, -0.1) is 0 Å². The lowest BCUT2D eigenvalue weighted by atomic mass is 10.1. The van der Waals surface area contributed by atoms with E-state index in [1.54, 1.807) is 29.3 Å². The molecule has 4 heterocycles. The van der Waals surface area contributed by atoms with E-state index in [0.717, 1.165) is 60.7 Å². The highest BCUT2D eigenvalue weighted by Gasteiger charge is 2.21. The lowest BCUT2D eigenvalue weighted by molar-refractivity contribution is 0.250. The van der Waals surface area contributed by atoms with Crippen LogP contribution in [-0.2, 0) is 13.6 Å². The highest BCUT2D eigenvalue weighted by atomic mass is 19.1. The molecular formula is C20H20FN7. The number of anilines is 1. The van der Waals surface area contributed by atoms with Crippen molar-refractivity contribution >= 4 is 27.8 Å². The van der Waals surface area contributed by atoms with E-state index in [0.29, 0.717) is 5.39 Å². The number of pyridine rings is 1. The summed E-state index contributed by atoms with van der Waals surface area (Å²) in [6.45, 7) is 4.30. The summed E-state index contributed by atoms with van der Waals surface area (Å²) in [5.41, 5.74) is 2.65. The molecule has 0 N–H and O–H groups in total. The van der Waals surface area contributed by atoms with Crippen molar-refractivity contribution in [3.8, 4) is 0 Å². The normalized spacial score (nSPS) is 15.6. The van der Waals surface area contributed by atoms with Gasteiger partial charge in [-0.05, 0) is 23.8 Å². The maximum absolute atomic E-state index is 14.0. The van der Waals surface area contributed by atoms with E-state index in [9.17, 15) is 4.39 Å². The predicted molar refractivity (Wildman–Crippen MR) is 105 cm³/mol. The van der Waals surface area contributed by atoms with E-state index < -0.39 is 0 Å². The van der Waals surface area contributed by atoms with Crippen molar-refractivity contribution in [2.75, 3.05) is 31.1 Å². The summed E-state index contributed by atoms with van der Waals surface area (Å²) in [5, 5.41) is 5.86. The Morgan fingerprint density at radius 3 is 2.71 bits per heavy atom. The molecule has 0 aliphatic carbocycles. The third-order valence-electron chi connectivity index (χ3n) is 5.37. The van der Waals surface area contributed by atoms with Crippen LogP contribution in [-0.4, -0.2) is 55.8 Å². The first-order chi connectivity index (χ1) is 13.7. The fourth-order valence-corrected chi connectivity index (χ4v) is 3.88. The monoisotopic (exact) mass is 377 g/mol. The number of hydrogen-bond acceptors (Lipinski definition) is 6. The topological polar surface area (TPSA) is 63.0 Å². The average Bonchev–Trinajstić information content (AvgIpc) is 3.12. The summed E-state index contributed by atoms with van der Waals surface area (Å²) in [4.78, 5) is 17.9. The minimum Gasteiger partial charge on any atom is -0.353 e. The van der Waals surface area contributed by atoms with Gasteiger partial charge in [0.05, 0.1) is 17.1 Å². The van der Waals surface area contributed by atoms with Gasteiger partial charge in [-0.25, -0.2) is 14.4 Å². The van der Waals surface area contributed by atoms with Crippen LogP contribution in [0.1, 0.15) is 5.56 Å². The minimum atomic E-state index is -0.221. The second kappa shape index (κ2) is 6.79. The summed E-state index contributed by atoms with van der Waals surface area (Å²) >= 11 is 0. The van der Waals surface area contributed by atoms with Crippen LogP contribution in [0.5, 0.6) is 0 Å². The molecule has 0 unspecified atom stereocenters. The number of fused-ring (bicyclic) bond motifs is 2. The van der Waals surface area contributed by atoms with E-state index in [2.05, 4.69) is 29.9 Å². The van der Waals surface area contributed by atoms with Gasteiger partial charge in [0, 0.05) is 51.4 Å². The Morgan fingerprint density at radius 2 is 1.86 bits per heavy atom. The quantitative estimate of drug-likeness (QED) is 0.546. The number of hydrogen-bond donors (Lipinski definition) is 0. The molecule has 4 aromatic rings. The second-order valence-corrected chi connectivity index (χ2v) is 7.07. The lowest BCUT2D eigenvalue weighted by Crippen LogP contribution is -2.46. The summed E-state index contributed by atoms with van der Waals surface area (Å²) < 4.78 is 15.8. The largest absolute Gasteiger partial charge is 0.353 e. The van der Waals surface area contributed by atoms with Crippen molar-refractivity contribution in [1.29, 1.82) is 0 Å². The van der Waals surface area contributed by atoms with E-state index >= 15 is 0 Å². The molecule has 0 bridgehead atoms. The van der Waals surface area contributed by atoms with E-state index in [-0.39, 0.29) is 5.82 Å². The first-order valence-electron chi connectivity index (χ1n) is 9.33. The summed E-state index contributed by atoms with van der Waals surface area (Å²) in [7, 11) is 1.89. The van der Waals surface area contributed by atoms with Crippen LogP contribution in [0.25, 0.3) is 21.9 Å². The summed E-state index contributed by atoms with van der Waals surface area (Å²) in [6.07, 6.45) is 5.15. The minimum absolute atomic E-state index is 0.221. The van der Waals surface area contributed by atoms with Crippen LogP contribution in [0.3, 0.4) is 0 Å². The fourth-order valence-electron chi connectivity index (χ4n) is 3.88. The van der Waals surface area contributed by atoms with Gasteiger partial charge in [0.1, 0.15) is 18.0 Å². The second-order valence-electron chi connectivity index (χ2n) is 7.07. The first-order valence-corrected chi connectivity index (χ1v) is 9.33. The highest BCUT2D eigenvalue weighted by Crippen LogP contribution is 2.25. The maximum Gasteiger partial charge on any atom is 0.163 e. The van der Waals surface area contributed by atoms with Crippen molar-refractivity contribution in [3.05, 3.63) is 54.4 Å². The molecule has 1 aromatic carbocycles. The molecule has 0 saturated carbocycles. The molecule has 0 spiro atoms. The average molecular weight is 377 g/mol. The number of halogens is 1. The summed E-state index contributed by atoms with van der Waals surface area (Å²) in [5.74, 6) is 0.715. The Morgan fingerprint density at radius 1 is 1.00 bits per heavy atom. The molecule has 0 atom stereocenters. The number of piperazine rings is 1.